The minimum absolute atomic E-state index is 0.729. The fourth-order valence-corrected chi connectivity index (χ4v) is 4.26. The zero-order chi connectivity index (χ0) is 22.4. The second kappa shape index (κ2) is 22.6. The van der Waals surface area contributed by atoms with E-state index in [4.69, 9.17) is 10.2 Å². The topological polar surface area (TPSA) is 74.6 Å². The fraction of sp³-hybridized carbons (Fsp3) is 0.917. The first kappa shape index (κ1) is 31.1. The van der Waals surface area contributed by atoms with Gasteiger partial charge in [-0.25, -0.2) is 0 Å². The molecular weight excluding hydrogens is 375 g/mol. The van der Waals surface area contributed by atoms with E-state index in [9.17, 15) is 9.59 Å². The molecule has 0 rings (SSSR count). The molecule has 0 aromatic carbocycles. The Morgan fingerprint density at radius 2 is 0.897 bits per heavy atom. The Kier molecular flexibility index (Phi) is 24.3. The number of unbranched alkanes of at least 4 members (excludes halogenated alkanes) is 13. The Balaban J connectivity index is 0. The molecule has 0 aliphatic heterocycles. The van der Waals surface area contributed by atoms with Crippen molar-refractivity contribution in [3.05, 3.63) is 0 Å². The average Bonchev–Trinajstić information content (AvgIpc) is 2.62. The van der Waals surface area contributed by atoms with Crippen LogP contribution in [-0.2, 0) is 9.59 Å². The van der Waals surface area contributed by atoms with Gasteiger partial charge in [0.05, 0.1) is 0 Å². The van der Waals surface area contributed by atoms with E-state index in [1.807, 2.05) is 0 Å². The summed E-state index contributed by atoms with van der Waals surface area (Å²) in [5, 5.41) is 15.4. The van der Waals surface area contributed by atoms with Gasteiger partial charge in [0.1, 0.15) is 6.42 Å². The predicted octanol–water partition coefficient (Wildman–Crippen LogP) is 7.55. The van der Waals surface area contributed by atoms with Crippen LogP contribution in [0.2, 0.25) is 2.66 Å². The maximum atomic E-state index is 9.43. The summed E-state index contributed by atoms with van der Waals surface area (Å²) < 4.78 is 0.729. The third-order valence-corrected chi connectivity index (χ3v) is 6.47. The number of carbonyl (C=O) groups is 2. The molecule has 1 atom stereocenters. The molecule has 0 aromatic rings. The van der Waals surface area contributed by atoms with Crippen molar-refractivity contribution in [2.45, 2.75) is 139 Å². The number of rotatable bonds is 19. The van der Waals surface area contributed by atoms with E-state index in [1.54, 1.807) is 0 Å². The van der Waals surface area contributed by atoms with Gasteiger partial charge in [0, 0.05) is 0 Å². The van der Waals surface area contributed by atoms with Crippen LogP contribution in [-0.4, -0.2) is 50.1 Å². The van der Waals surface area contributed by atoms with E-state index in [1.165, 1.54) is 137 Å². The first-order chi connectivity index (χ1) is 13.7. The monoisotopic (exact) mass is 422 g/mol. The summed E-state index contributed by atoms with van der Waals surface area (Å²) in [7, 11) is 0. The fourth-order valence-electron chi connectivity index (χ4n) is 3.55. The molecule has 0 aromatic heterocycles. The zero-order valence-electron chi connectivity index (χ0n) is 19.9. The van der Waals surface area contributed by atoms with Crippen LogP contribution in [0.1, 0.15) is 136 Å². The van der Waals surface area contributed by atoms with Crippen molar-refractivity contribution in [2.24, 2.45) is 0 Å². The number of carboxylic acids is 2. The molecule has 1 unspecified atom stereocenters. The maximum absolute atomic E-state index is 9.43. The molecule has 0 fully saturated rings. The van der Waals surface area contributed by atoms with Crippen molar-refractivity contribution in [1.82, 2.24) is 0 Å². The van der Waals surface area contributed by atoms with Crippen LogP contribution in [0, 0.1) is 0 Å². The van der Waals surface area contributed by atoms with E-state index in [0.29, 0.717) is 0 Å². The molecule has 0 aliphatic carbocycles. The van der Waals surface area contributed by atoms with Crippen LogP contribution in [0.5, 0.6) is 0 Å². The minimum Gasteiger partial charge on any atom is -0.481 e. The van der Waals surface area contributed by atoms with E-state index in [0.717, 1.165) is 2.66 Å². The molecule has 168 valence electrons. The first-order valence-corrected chi connectivity index (χ1v) is 13.2. The maximum Gasteiger partial charge on any atom is 0.314 e. The van der Waals surface area contributed by atoms with E-state index in [2.05, 4.69) is 20.8 Å². The van der Waals surface area contributed by atoms with E-state index < -0.39 is 18.4 Å². The summed E-state index contributed by atoms with van der Waals surface area (Å²) in [4.78, 5) is 18.9. The smallest absolute Gasteiger partial charge is 0.314 e. The summed E-state index contributed by atoms with van der Waals surface area (Å²) in [5.74, 6) is -2.62. The van der Waals surface area contributed by atoms with Crippen molar-refractivity contribution in [3.8, 4) is 0 Å². The molecule has 5 heteroatoms. The first-order valence-electron chi connectivity index (χ1n) is 12.2. The van der Waals surface area contributed by atoms with Gasteiger partial charge in [-0.1, -0.05) is 6.92 Å². The minimum atomic E-state index is -1.31. The molecule has 0 saturated carbocycles. The van der Waals surface area contributed by atoms with Crippen LogP contribution in [0.3, 0.4) is 0 Å². The van der Waals surface area contributed by atoms with Crippen molar-refractivity contribution in [2.75, 3.05) is 0 Å². The predicted molar refractivity (Wildman–Crippen MR) is 124 cm³/mol. The zero-order valence-corrected chi connectivity index (χ0v) is 21.9. The second-order valence-electron chi connectivity index (χ2n) is 9.22. The van der Waals surface area contributed by atoms with Crippen LogP contribution >= 0.6 is 0 Å². The van der Waals surface area contributed by atoms with Gasteiger partial charge < -0.3 is 10.2 Å². The average molecular weight is 423 g/mol. The second-order valence-corrected chi connectivity index (χ2v) is 11.6. The molecule has 0 aliphatic rings. The Morgan fingerprint density at radius 3 is 1.14 bits per heavy atom. The van der Waals surface area contributed by atoms with Crippen LogP contribution < -0.4 is 0 Å². The number of aliphatic carboxylic acids is 2. The van der Waals surface area contributed by atoms with Crippen molar-refractivity contribution in [1.29, 1.82) is 0 Å². The van der Waals surface area contributed by atoms with Gasteiger partial charge in [0.2, 0.25) is 0 Å². The summed E-state index contributed by atoms with van der Waals surface area (Å²) >= 11 is 1.39. The standard InChI is InChI=1S/C21H43.C3H4O4.Na/c1-4-6-8-10-11-12-13-14-16-18-20-21(3)19-17-15-9-7-5-2;4-2(5)1-3(6)7;/h4-20H2,1-3H3;1H2,(H,4,5)(H,6,7);. The van der Waals surface area contributed by atoms with Crippen molar-refractivity contribution in [3.63, 3.8) is 0 Å². The quantitative estimate of drug-likeness (QED) is 0.128. The Bertz CT molecular complexity index is 371. The van der Waals surface area contributed by atoms with Gasteiger partial charge in [-0.05, 0) is 0 Å². The molecule has 0 spiro atoms. The molecule has 0 heterocycles. The Labute approximate surface area is 198 Å². The summed E-state index contributed by atoms with van der Waals surface area (Å²) in [5.41, 5.74) is 0. The SMILES string of the molecule is CCCCCCCCCCCC[C](C)([Na])CCCCCCC.O=C(O)CC(=O)O. The largest absolute Gasteiger partial charge is 0.481 e. The van der Waals surface area contributed by atoms with Crippen molar-refractivity contribution >= 4 is 39.9 Å². The third-order valence-electron chi connectivity index (χ3n) is 5.47. The van der Waals surface area contributed by atoms with Gasteiger partial charge in [-0.2, -0.15) is 0 Å². The number of hydrogen-bond acceptors (Lipinski definition) is 2. The third kappa shape index (κ3) is 30.2. The Morgan fingerprint density at radius 1 is 0.621 bits per heavy atom. The molecule has 29 heavy (non-hydrogen) atoms. The van der Waals surface area contributed by atoms with Gasteiger partial charge in [0.15, 0.2) is 0 Å². The molecule has 0 saturated heterocycles. The molecular formula is C24H47NaO4. The molecule has 2 N–H and O–H groups in total. The van der Waals surface area contributed by atoms with E-state index in [-0.39, 0.29) is 0 Å². The summed E-state index contributed by atoms with van der Waals surface area (Å²) in [6.07, 6.45) is 24.1. The van der Waals surface area contributed by atoms with Crippen LogP contribution in [0.4, 0.5) is 0 Å². The molecule has 0 bridgehead atoms. The summed E-state index contributed by atoms with van der Waals surface area (Å²) in [6, 6.07) is 0. The van der Waals surface area contributed by atoms with Gasteiger partial charge in [0.25, 0.3) is 0 Å². The Hall–Kier alpha value is -0.0600. The number of carboxylic acid groups (broad SMARTS) is 2. The molecule has 0 radical (unpaired) electrons. The van der Waals surface area contributed by atoms with Crippen LogP contribution in [0.25, 0.3) is 0 Å². The summed E-state index contributed by atoms with van der Waals surface area (Å²) in [6.45, 7) is 7.16. The molecule has 4 nitrogen and oxygen atoms in total. The van der Waals surface area contributed by atoms with Gasteiger partial charge in [-0.3, -0.25) is 9.59 Å². The normalized spacial score (nSPS) is 12.7. The van der Waals surface area contributed by atoms with E-state index >= 15 is 0 Å². The number of hydrogen-bond donors (Lipinski definition) is 2. The van der Waals surface area contributed by atoms with Crippen molar-refractivity contribution < 1.29 is 19.8 Å². The van der Waals surface area contributed by atoms with Gasteiger partial charge in [-0.15, -0.1) is 0 Å². The van der Waals surface area contributed by atoms with Crippen LogP contribution in [0.15, 0.2) is 0 Å². The van der Waals surface area contributed by atoms with Gasteiger partial charge >= 0.3 is 166 Å². The molecule has 0 amide bonds.